The maximum Gasteiger partial charge on any atom is 0.316 e. The van der Waals surface area contributed by atoms with Crippen LogP contribution < -0.4 is 5.32 Å². The summed E-state index contributed by atoms with van der Waals surface area (Å²) in [5.41, 5.74) is -2.59. The number of alkyl halides is 1. The summed E-state index contributed by atoms with van der Waals surface area (Å²) in [7, 11) is -0.260. The van der Waals surface area contributed by atoms with Gasteiger partial charge in [-0.2, -0.15) is 0 Å². The number of benzene rings is 1. The molecule has 2 aliphatic rings. The Kier molecular flexibility index (Phi) is 18.2. The highest BCUT2D eigenvalue weighted by Gasteiger charge is 2.51. The average Bonchev–Trinajstić information content (AvgIpc) is 3.19. The first kappa shape index (κ1) is 51.3. The Labute approximate surface area is 354 Å². The summed E-state index contributed by atoms with van der Waals surface area (Å²) in [6, 6.07) is 4.59. The normalized spacial score (nSPS) is 36.4. The van der Waals surface area contributed by atoms with Gasteiger partial charge in [0.1, 0.15) is 30.4 Å². The first-order valence-electron chi connectivity index (χ1n) is 20.6. The fraction of sp³-hybridized carbons (Fsp3) is 0.762. The second-order valence-electron chi connectivity index (χ2n) is 17.3. The molecule has 0 saturated carbocycles. The van der Waals surface area contributed by atoms with Crippen LogP contribution in [-0.4, -0.2) is 151 Å². The van der Waals surface area contributed by atoms with Crippen molar-refractivity contribution >= 4 is 33.2 Å². The largest absolute Gasteiger partial charge is 0.459 e. The van der Waals surface area contributed by atoms with Crippen molar-refractivity contribution in [3.8, 4) is 0 Å². The molecular weight excluding hydrogens is 806 g/mol. The van der Waals surface area contributed by atoms with E-state index in [0.29, 0.717) is 12.0 Å². The minimum absolute atomic E-state index is 0.0397. The number of sulfone groups is 1. The van der Waals surface area contributed by atoms with Gasteiger partial charge < -0.3 is 49.7 Å². The van der Waals surface area contributed by atoms with Crippen LogP contribution in [0.4, 0.5) is 4.39 Å². The smallest absolute Gasteiger partial charge is 0.316 e. The van der Waals surface area contributed by atoms with E-state index >= 15 is 0 Å². The molecule has 2 unspecified atom stereocenters. The molecule has 3 rings (SSSR count). The van der Waals surface area contributed by atoms with Crippen LogP contribution in [0.3, 0.4) is 0 Å². The van der Waals surface area contributed by atoms with E-state index in [1.807, 2.05) is 0 Å². The first-order chi connectivity index (χ1) is 27.9. The molecule has 14 atom stereocenters. The number of aliphatic hydroxyl groups is 3. The number of halogens is 1. The van der Waals surface area contributed by atoms with Crippen molar-refractivity contribution in [2.24, 2.45) is 28.8 Å². The molecule has 2 heterocycles. The number of aliphatic hydroxyl groups excluding tert-OH is 2. The van der Waals surface area contributed by atoms with Gasteiger partial charge in [0.15, 0.2) is 21.9 Å². The van der Waals surface area contributed by atoms with E-state index in [1.54, 1.807) is 65.6 Å². The number of hydrogen-bond acceptors (Lipinski definition) is 15. The van der Waals surface area contributed by atoms with Crippen molar-refractivity contribution < 1.29 is 66.7 Å². The number of esters is 1. The van der Waals surface area contributed by atoms with Gasteiger partial charge >= 0.3 is 5.97 Å². The molecule has 1 aromatic rings. The number of nitrogens with zero attached hydrogens (tertiary/aromatic N) is 2. The van der Waals surface area contributed by atoms with Crippen molar-refractivity contribution in [2.75, 3.05) is 33.6 Å². The number of likely N-dealkylation sites (N-methyl/N-ethyl adjacent to an activating group) is 1. The number of hydrogen-bond donors (Lipinski definition) is 5. The predicted octanol–water partition coefficient (Wildman–Crippen LogP) is 2.84. The van der Waals surface area contributed by atoms with Crippen molar-refractivity contribution in [2.45, 2.75) is 152 Å². The summed E-state index contributed by atoms with van der Waals surface area (Å²) in [5, 5.41) is 51.1. The standard InChI is InChI=1S/C42H68FN3O13S/c1-12-32-42(8,52)37(50)25(4)34(45-53)23(2)21-41(7,56-10)38(26(5)35(48)27(6)39(51)58-32)59-40-36(49)31(19-24(3)57-40)46(9)18-17-33(47)44-29(22-43)20-28-13-15-30(16-14-28)60(11,54)55/h13-16,23-27,29,31-32,36-38,40,49-50,52-53H,12,17-22H2,1-11H3,(H,44,47)/b45-34+/t23-,24-,25+,26+,27-,29+,31+,32-,36-,37-,38-,40+,41?,42?/m1/s1. The number of Topliss-reactive ketones (excluding diaryl/α,β-unsaturated/α-hetero) is 1. The van der Waals surface area contributed by atoms with Crippen LogP contribution >= 0.6 is 0 Å². The van der Waals surface area contributed by atoms with Crippen molar-refractivity contribution in [3.05, 3.63) is 29.8 Å². The fourth-order valence-corrected chi connectivity index (χ4v) is 9.23. The van der Waals surface area contributed by atoms with E-state index in [1.165, 1.54) is 33.1 Å². The number of carbonyl (C=O) groups is 3. The lowest BCUT2D eigenvalue weighted by Crippen LogP contribution is -2.60. The number of nitrogens with one attached hydrogen (secondary N) is 1. The molecule has 5 N–H and O–H groups in total. The maximum atomic E-state index is 14.2. The quantitative estimate of drug-likeness (QED) is 0.0831. The fourth-order valence-electron chi connectivity index (χ4n) is 8.60. The molecule has 0 radical (unpaired) electrons. The highest BCUT2D eigenvalue weighted by molar-refractivity contribution is 7.90. The molecular formula is C42H68FN3O13S. The third-order valence-corrected chi connectivity index (χ3v) is 13.6. The molecule has 2 aliphatic heterocycles. The molecule has 18 heteroatoms. The zero-order chi connectivity index (χ0) is 45.5. The van der Waals surface area contributed by atoms with E-state index < -0.39 is 118 Å². The Bertz CT molecular complexity index is 1750. The van der Waals surface area contributed by atoms with Crippen LogP contribution in [0, 0.1) is 23.7 Å². The summed E-state index contributed by atoms with van der Waals surface area (Å²) >= 11 is 0. The van der Waals surface area contributed by atoms with E-state index in [-0.39, 0.29) is 42.8 Å². The molecule has 2 fully saturated rings. The number of carbonyl (C=O) groups excluding carboxylic acids is 3. The van der Waals surface area contributed by atoms with Gasteiger partial charge in [-0.05, 0) is 78.1 Å². The zero-order valence-electron chi connectivity index (χ0n) is 36.8. The van der Waals surface area contributed by atoms with Gasteiger partial charge in [-0.15, -0.1) is 0 Å². The van der Waals surface area contributed by atoms with Crippen LogP contribution in [-0.2, 0) is 49.6 Å². The lowest BCUT2D eigenvalue weighted by Gasteiger charge is -2.47. The summed E-state index contributed by atoms with van der Waals surface area (Å²) in [5.74, 6) is -5.89. The predicted molar refractivity (Wildman–Crippen MR) is 220 cm³/mol. The minimum Gasteiger partial charge on any atom is -0.459 e. The Morgan fingerprint density at radius 1 is 1.10 bits per heavy atom. The Morgan fingerprint density at radius 2 is 1.72 bits per heavy atom. The molecule has 0 bridgehead atoms. The highest BCUT2D eigenvalue weighted by Crippen LogP contribution is 2.38. The van der Waals surface area contributed by atoms with Crippen LogP contribution in [0.25, 0.3) is 0 Å². The van der Waals surface area contributed by atoms with Crippen LogP contribution in [0.1, 0.15) is 86.6 Å². The first-order valence-corrected chi connectivity index (χ1v) is 22.5. The molecule has 342 valence electrons. The molecule has 0 spiro atoms. The second-order valence-corrected chi connectivity index (χ2v) is 19.3. The molecule has 2 saturated heterocycles. The summed E-state index contributed by atoms with van der Waals surface area (Å²) in [6.45, 7) is 12.1. The average molecular weight is 874 g/mol. The third kappa shape index (κ3) is 12.3. The second kappa shape index (κ2) is 21.3. The number of methoxy groups -OCH3 is 1. The molecule has 0 aliphatic carbocycles. The van der Waals surface area contributed by atoms with Crippen LogP contribution in [0.15, 0.2) is 34.3 Å². The van der Waals surface area contributed by atoms with Gasteiger partial charge in [-0.25, -0.2) is 12.8 Å². The molecule has 60 heavy (non-hydrogen) atoms. The van der Waals surface area contributed by atoms with Crippen LogP contribution in [0.5, 0.6) is 0 Å². The Hall–Kier alpha value is -3.10. The minimum atomic E-state index is -3.40. The maximum absolute atomic E-state index is 14.2. The van der Waals surface area contributed by atoms with Gasteiger partial charge in [0.05, 0.1) is 40.6 Å². The van der Waals surface area contributed by atoms with Crippen molar-refractivity contribution in [3.63, 3.8) is 0 Å². The van der Waals surface area contributed by atoms with Gasteiger partial charge in [-0.1, -0.05) is 45.0 Å². The molecule has 0 aromatic heterocycles. The third-order valence-electron chi connectivity index (χ3n) is 12.4. The summed E-state index contributed by atoms with van der Waals surface area (Å²) in [6.07, 6.45) is -5.34. The topological polar surface area (TPSA) is 231 Å². The lowest BCUT2D eigenvalue weighted by atomic mass is 9.74. The van der Waals surface area contributed by atoms with E-state index in [2.05, 4.69) is 10.5 Å². The number of cyclic esters (lactones) is 1. The number of rotatable bonds is 13. The Balaban J connectivity index is 1.86. The van der Waals surface area contributed by atoms with E-state index in [0.717, 1.165) is 6.26 Å². The lowest BCUT2D eigenvalue weighted by molar-refractivity contribution is -0.295. The monoisotopic (exact) mass is 873 g/mol. The SMILES string of the molecule is CC[C@H]1OC(=O)[C@H](C)C(=O)[C@H](C)[C@@H](O[C@@H]2O[C@H](C)C[C@H](N(C)CCC(=O)N[C@H](CF)Cc3ccc(S(C)(=O)=O)cc3)[C@H]2O)C(C)(OC)C[C@@H](C)/C(=N\O)[C@H](C)[C@@H](O)C1(C)O. The summed E-state index contributed by atoms with van der Waals surface area (Å²) < 4.78 is 62.1. The molecule has 1 aromatic carbocycles. The van der Waals surface area contributed by atoms with E-state index in [4.69, 9.17) is 18.9 Å². The van der Waals surface area contributed by atoms with Gasteiger partial charge in [0, 0.05) is 50.1 Å². The molecule has 16 nitrogen and oxygen atoms in total. The summed E-state index contributed by atoms with van der Waals surface area (Å²) in [4.78, 5) is 42.6. The number of oxime groups is 1. The van der Waals surface area contributed by atoms with Gasteiger partial charge in [-0.3, -0.25) is 14.4 Å². The van der Waals surface area contributed by atoms with Gasteiger partial charge in [0.2, 0.25) is 5.91 Å². The highest BCUT2D eigenvalue weighted by atomic mass is 32.2. The van der Waals surface area contributed by atoms with Gasteiger partial charge in [0.25, 0.3) is 0 Å². The number of ketones is 1. The van der Waals surface area contributed by atoms with E-state index in [9.17, 15) is 47.7 Å². The van der Waals surface area contributed by atoms with Crippen molar-refractivity contribution in [1.29, 1.82) is 0 Å². The zero-order valence-corrected chi connectivity index (χ0v) is 37.6. The number of amides is 1. The molecule has 1 amide bonds. The Morgan fingerprint density at radius 3 is 2.25 bits per heavy atom. The van der Waals surface area contributed by atoms with Crippen LogP contribution in [0.2, 0.25) is 0 Å². The van der Waals surface area contributed by atoms with Crippen molar-refractivity contribution in [1.82, 2.24) is 10.2 Å². The number of ether oxygens (including phenoxy) is 4.